The van der Waals surface area contributed by atoms with Gasteiger partial charge >= 0.3 is 5.97 Å². The number of aliphatic hydroxyl groups is 2. The average Bonchev–Trinajstić information content (AvgIpc) is 2.47. The van der Waals surface area contributed by atoms with Crippen LogP contribution in [0.3, 0.4) is 0 Å². The topological polar surface area (TPSA) is 87.0 Å². The van der Waals surface area contributed by atoms with Crippen molar-refractivity contribution < 1.29 is 24.9 Å². The van der Waals surface area contributed by atoms with Crippen LogP contribution in [0.25, 0.3) is 0 Å². The molecule has 0 aromatic heterocycles. The molecule has 126 valence electrons. The van der Waals surface area contributed by atoms with E-state index in [0.717, 1.165) is 11.1 Å². The van der Waals surface area contributed by atoms with Gasteiger partial charge < -0.3 is 20.1 Å². The van der Waals surface area contributed by atoms with Gasteiger partial charge in [-0.2, -0.15) is 0 Å². The molecule has 2 rings (SSSR count). The summed E-state index contributed by atoms with van der Waals surface area (Å²) in [5, 5.41) is 30.3. The first-order chi connectivity index (χ1) is 10.8. The Morgan fingerprint density at radius 2 is 2.09 bits per heavy atom. The number of cyclic esters (lactones) is 1. The summed E-state index contributed by atoms with van der Waals surface area (Å²) in [5.74, 6) is -0.919. The van der Waals surface area contributed by atoms with E-state index in [1.54, 1.807) is 6.07 Å². The molecule has 1 aliphatic rings. The van der Waals surface area contributed by atoms with Crippen molar-refractivity contribution in [3.63, 3.8) is 0 Å². The van der Waals surface area contributed by atoms with Crippen molar-refractivity contribution in [3.05, 3.63) is 40.5 Å². The standard InChI is InChI=1S/C18H24O5/c1-10(2)4-5-12-6-7-14(21)17-16(12)13(20)8-9-15(11(3)19)23-18(17)22/h4,6-7,11,13,15,19-21H,5,8-9H2,1-3H3. The number of fused-ring (bicyclic) bond motifs is 1. The van der Waals surface area contributed by atoms with E-state index in [1.807, 2.05) is 19.9 Å². The Hall–Kier alpha value is -1.85. The number of phenolic OH excluding ortho intramolecular Hbond substituents is 1. The number of rotatable bonds is 3. The van der Waals surface area contributed by atoms with E-state index in [2.05, 4.69) is 0 Å². The summed E-state index contributed by atoms with van der Waals surface area (Å²) in [4.78, 5) is 12.4. The van der Waals surface area contributed by atoms with E-state index < -0.39 is 24.3 Å². The highest BCUT2D eigenvalue weighted by atomic mass is 16.6. The highest BCUT2D eigenvalue weighted by Crippen LogP contribution is 2.36. The van der Waals surface area contributed by atoms with Crippen LogP contribution in [-0.4, -0.2) is 33.5 Å². The lowest BCUT2D eigenvalue weighted by Crippen LogP contribution is -2.32. The van der Waals surface area contributed by atoms with E-state index in [9.17, 15) is 20.1 Å². The van der Waals surface area contributed by atoms with Gasteiger partial charge in [-0.25, -0.2) is 4.79 Å². The van der Waals surface area contributed by atoms with E-state index in [-0.39, 0.29) is 11.3 Å². The fraction of sp³-hybridized carbons (Fsp3) is 0.500. The lowest BCUT2D eigenvalue weighted by Gasteiger charge is -2.28. The zero-order valence-corrected chi connectivity index (χ0v) is 13.7. The third-order valence-electron chi connectivity index (χ3n) is 4.10. The van der Waals surface area contributed by atoms with Gasteiger partial charge in [-0.1, -0.05) is 17.7 Å². The predicted octanol–water partition coefficient (Wildman–Crippen LogP) is 2.63. The van der Waals surface area contributed by atoms with E-state index in [0.29, 0.717) is 24.8 Å². The normalized spacial score (nSPS) is 22.4. The van der Waals surface area contributed by atoms with Gasteiger partial charge in [0.05, 0.1) is 12.2 Å². The van der Waals surface area contributed by atoms with Crippen molar-refractivity contribution in [3.8, 4) is 5.75 Å². The molecule has 0 aliphatic carbocycles. The summed E-state index contributed by atoms with van der Waals surface area (Å²) in [6.45, 7) is 5.49. The van der Waals surface area contributed by atoms with Crippen LogP contribution in [0.5, 0.6) is 5.75 Å². The molecular weight excluding hydrogens is 296 g/mol. The van der Waals surface area contributed by atoms with Crippen LogP contribution in [-0.2, 0) is 11.2 Å². The van der Waals surface area contributed by atoms with E-state index in [1.165, 1.54) is 13.0 Å². The maximum absolute atomic E-state index is 12.4. The monoisotopic (exact) mass is 320 g/mol. The molecule has 3 N–H and O–H groups in total. The molecule has 5 heteroatoms. The van der Waals surface area contributed by atoms with Crippen molar-refractivity contribution >= 4 is 5.97 Å². The van der Waals surface area contributed by atoms with Crippen molar-refractivity contribution in [2.45, 2.75) is 58.3 Å². The SMILES string of the molecule is CC(C)=CCc1ccc(O)c2c1C(O)CCC(C(C)O)OC2=O. The Labute approximate surface area is 136 Å². The molecule has 3 atom stereocenters. The van der Waals surface area contributed by atoms with Crippen molar-refractivity contribution in [1.82, 2.24) is 0 Å². The van der Waals surface area contributed by atoms with Crippen LogP contribution in [0.4, 0.5) is 0 Å². The van der Waals surface area contributed by atoms with Crippen LogP contribution >= 0.6 is 0 Å². The second kappa shape index (κ2) is 7.15. The van der Waals surface area contributed by atoms with Crippen LogP contribution < -0.4 is 0 Å². The minimum absolute atomic E-state index is 0.00232. The molecule has 0 radical (unpaired) electrons. The second-order valence-electron chi connectivity index (χ2n) is 6.30. The lowest BCUT2D eigenvalue weighted by molar-refractivity contribution is -0.0241. The molecule has 0 saturated heterocycles. The molecule has 1 aliphatic heterocycles. The minimum atomic E-state index is -0.883. The molecular formula is C18H24O5. The molecule has 23 heavy (non-hydrogen) atoms. The molecule has 5 nitrogen and oxygen atoms in total. The number of ether oxygens (including phenoxy) is 1. The molecule has 0 saturated carbocycles. The van der Waals surface area contributed by atoms with Crippen LogP contribution in [0.2, 0.25) is 0 Å². The Morgan fingerprint density at radius 1 is 1.39 bits per heavy atom. The number of aromatic hydroxyl groups is 1. The van der Waals surface area contributed by atoms with Crippen LogP contribution in [0.1, 0.15) is 61.2 Å². The summed E-state index contributed by atoms with van der Waals surface area (Å²) in [6.07, 6.45) is 0.877. The number of hydrogen-bond donors (Lipinski definition) is 3. The number of carbonyl (C=O) groups is 1. The quantitative estimate of drug-likeness (QED) is 0.589. The first kappa shape index (κ1) is 17.5. The van der Waals surface area contributed by atoms with E-state index in [4.69, 9.17) is 4.74 Å². The van der Waals surface area contributed by atoms with Gasteiger partial charge in [-0.05, 0) is 51.7 Å². The van der Waals surface area contributed by atoms with Crippen LogP contribution in [0, 0.1) is 0 Å². The smallest absolute Gasteiger partial charge is 0.342 e. The van der Waals surface area contributed by atoms with Gasteiger partial charge in [0.25, 0.3) is 0 Å². The third-order valence-corrected chi connectivity index (χ3v) is 4.10. The highest BCUT2D eigenvalue weighted by molar-refractivity contribution is 5.95. The Bertz CT molecular complexity index is 614. The fourth-order valence-electron chi connectivity index (χ4n) is 2.80. The van der Waals surface area contributed by atoms with Crippen molar-refractivity contribution in [1.29, 1.82) is 0 Å². The number of allylic oxidation sites excluding steroid dienone is 2. The van der Waals surface area contributed by atoms with Crippen molar-refractivity contribution in [2.24, 2.45) is 0 Å². The number of phenols is 1. The molecule has 1 heterocycles. The van der Waals surface area contributed by atoms with E-state index >= 15 is 0 Å². The number of hydrogen-bond acceptors (Lipinski definition) is 5. The first-order valence-corrected chi connectivity index (χ1v) is 7.86. The summed E-state index contributed by atoms with van der Waals surface area (Å²) < 4.78 is 5.31. The summed E-state index contributed by atoms with van der Waals surface area (Å²) in [7, 11) is 0. The zero-order valence-electron chi connectivity index (χ0n) is 13.7. The Balaban J connectivity index is 2.50. The average molecular weight is 320 g/mol. The molecule has 0 bridgehead atoms. The number of esters is 1. The summed E-state index contributed by atoms with van der Waals surface area (Å²) in [5.41, 5.74) is 2.35. The zero-order chi connectivity index (χ0) is 17.1. The second-order valence-corrected chi connectivity index (χ2v) is 6.30. The molecule has 0 spiro atoms. The van der Waals surface area contributed by atoms with Gasteiger partial charge in [0.15, 0.2) is 0 Å². The molecule has 0 fully saturated rings. The van der Waals surface area contributed by atoms with Gasteiger partial charge in [-0.3, -0.25) is 0 Å². The third kappa shape index (κ3) is 3.92. The van der Waals surface area contributed by atoms with Crippen LogP contribution in [0.15, 0.2) is 23.8 Å². The predicted molar refractivity (Wildman–Crippen MR) is 86.3 cm³/mol. The number of aliphatic hydroxyl groups excluding tert-OH is 2. The molecule has 1 aromatic carbocycles. The number of carbonyl (C=O) groups excluding carboxylic acids is 1. The highest BCUT2D eigenvalue weighted by Gasteiger charge is 2.32. The maximum Gasteiger partial charge on any atom is 0.342 e. The largest absolute Gasteiger partial charge is 0.507 e. The Morgan fingerprint density at radius 3 is 2.70 bits per heavy atom. The van der Waals surface area contributed by atoms with Gasteiger partial charge in [0.2, 0.25) is 0 Å². The summed E-state index contributed by atoms with van der Waals surface area (Å²) >= 11 is 0. The molecule has 0 amide bonds. The number of benzene rings is 1. The lowest BCUT2D eigenvalue weighted by atomic mass is 9.89. The molecule has 1 aromatic rings. The maximum atomic E-state index is 12.4. The first-order valence-electron chi connectivity index (χ1n) is 7.86. The minimum Gasteiger partial charge on any atom is -0.507 e. The Kier molecular flexibility index (Phi) is 5.44. The van der Waals surface area contributed by atoms with Gasteiger partial charge in [-0.15, -0.1) is 0 Å². The summed E-state index contributed by atoms with van der Waals surface area (Å²) in [6, 6.07) is 3.16. The van der Waals surface area contributed by atoms with Gasteiger partial charge in [0.1, 0.15) is 17.4 Å². The molecule has 3 unspecified atom stereocenters. The fourth-order valence-corrected chi connectivity index (χ4v) is 2.80. The van der Waals surface area contributed by atoms with Crippen molar-refractivity contribution in [2.75, 3.05) is 0 Å². The van der Waals surface area contributed by atoms with Gasteiger partial charge in [0, 0.05) is 5.56 Å².